The Kier molecular flexibility index (Phi) is 3.43. The molecule has 1 aromatic carbocycles. The van der Waals surface area contributed by atoms with E-state index in [1.807, 2.05) is 4.98 Å². The number of aromatic amines is 1. The molecular formula is C11H5ClF4N2O2. The van der Waals surface area contributed by atoms with Crippen LogP contribution < -0.4 is 11.2 Å². The fourth-order valence-electron chi connectivity index (χ4n) is 1.58. The molecule has 0 bridgehead atoms. The summed E-state index contributed by atoms with van der Waals surface area (Å²) in [6, 6.07) is 2.60. The molecule has 1 heterocycles. The molecule has 0 unspecified atom stereocenters. The number of nitrogens with one attached hydrogen (secondary N) is 1. The molecule has 0 saturated heterocycles. The van der Waals surface area contributed by atoms with Gasteiger partial charge in [-0.2, -0.15) is 13.2 Å². The molecule has 20 heavy (non-hydrogen) atoms. The quantitative estimate of drug-likeness (QED) is 0.649. The van der Waals surface area contributed by atoms with Crippen LogP contribution in [-0.2, 0) is 6.18 Å². The first-order valence-electron chi connectivity index (χ1n) is 5.09. The smallest absolute Gasteiger partial charge is 0.297 e. The molecule has 2 aromatic rings. The van der Waals surface area contributed by atoms with Crippen molar-refractivity contribution in [1.29, 1.82) is 0 Å². The number of hydrogen-bond donors (Lipinski definition) is 1. The molecule has 2 rings (SSSR count). The van der Waals surface area contributed by atoms with Crippen LogP contribution in [0.5, 0.6) is 0 Å². The third kappa shape index (κ3) is 2.60. The summed E-state index contributed by atoms with van der Waals surface area (Å²) in [4.78, 5) is 25.2. The number of halogens is 5. The number of nitrogens with zero attached hydrogens (tertiary/aromatic N) is 1. The Labute approximate surface area is 113 Å². The van der Waals surface area contributed by atoms with Gasteiger partial charge in [0.05, 0.1) is 11.3 Å². The number of hydrogen-bond acceptors (Lipinski definition) is 2. The molecule has 1 N–H and O–H groups in total. The fraction of sp³-hybridized carbons (Fsp3) is 0.0909. The number of alkyl halides is 3. The van der Waals surface area contributed by atoms with Crippen LogP contribution in [0.3, 0.4) is 0 Å². The van der Waals surface area contributed by atoms with Crippen LogP contribution in [0.4, 0.5) is 17.6 Å². The molecule has 0 radical (unpaired) electrons. The number of rotatable bonds is 1. The van der Waals surface area contributed by atoms with Gasteiger partial charge in [-0.25, -0.2) is 13.8 Å². The van der Waals surface area contributed by atoms with Crippen LogP contribution in [0, 0.1) is 5.82 Å². The van der Waals surface area contributed by atoms with E-state index in [9.17, 15) is 27.2 Å². The highest BCUT2D eigenvalue weighted by atomic mass is 35.5. The molecule has 0 amide bonds. The van der Waals surface area contributed by atoms with E-state index in [-0.39, 0.29) is 5.15 Å². The average Bonchev–Trinajstić information content (AvgIpc) is 2.28. The first kappa shape index (κ1) is 14.3. The van der Waals surface area contributed by atoms with Gasteiger partial charge in [-0.15, -0.1) is 0 Å². The van der Waals surface area contributed by atoms with Gasteiger partial charge in [-0.1, -0.05) is 11.6 Å². The molecule has 0 aliphatic carbocycles. The van der Waals surface area contributed by atoms with Gasteiger partial charge in [0, 0.05) is 6.07 Å². The van der Waals surface area contributed by atoms with Gasteiger partial charge < -0.3 is 0 Å². The Morgan fingerprint density at radius 3 is 2.35 bits per heavy atom. The van der Waals surface area contributed by atoms with Gasteiger partial charge in [0.2, 0.25) is 0 Å². The average molecular weight is 309 g/mol. The van der Waals surface area contributed by atoms with Crippen molar-refractivity contribution >= 4 is 11.6 Å². The minimum absolute atomic E-state index is 0.255. The second-order valence-electron chi connectivity index (χ2n) is 3.76. The lowest BCUT2D eigenvalue weighted by molar-refractivity contribution is -0.140. The minimum atomic E-state index is -4.94. The van der Waals surface area contributed by atoms with Crippen LogP contribution >= 0.6 is 11.6 Å². The molecule has 0 saturated carbocycles. The van der Waals surface area contributed by atoms with Crippen LogP contribution in [0.25, 0.3) is 5.69 Å². The van der Waals surface area contributed by atoms with Crippen molar-refractivity contribution in [3.8, 4) is 5.69 Å². The first-order valence-corrected chi connectivity index (χ1v) is 5.47. The van der Waals surface area contributed by atoms with Crippen molar-refractivity contribution < 1.29 is 17.6 Å². The van der Waals surface area contributed by atoms with E-state index in [1.54, 1.807) is 0 Å². The third-order valence-corrected chi connectivity index (χ3v) is 2.62. The largest absolute Gasteiger partial charge is 0.419 e. The predicted molar refractivity (Wildman–Crippen MR) is 62.6 cm³/mol. The molecule has 9 heteroatoms. The second-order valence-corrected chi connectivity index (χ2v) is 4.17. The normalized spacial score (nSPS) is 11.7. The summed E-state index contributed by atoms with van der Waals surface area (Å²) in [6.07, 6.45) is -4.94. The van der Waals surface area contributed by atoms with E-state index in [0.29, 0.717) is 16.7 Å². The molecular weight excluding hydrogens is 304 g/mol. The molecule has 1 aromatic heterocycles. The number of H-pyrrole nitrogens is 1. The lowest BCUT2D eigenvalue weighted by Gasteiger charge is -2.10. The summed E-state index contributed by atoms with van der Waals surface area (Å²) in [5, 5.41) is -0.255. The van der Waals surface area contributed by atoms with Gasteiger partial charge in [0.1, 0.15) is 11.0 Å². The first-order chi connectivity index (χ1) is 9.20. The van der Waals surface area contributed by atoms with E-state index in [0.717, 1.165) is 12.1 Å². The molecule has 0 aliphatic rings. The Morgan fingerprint density at radius 1 is 1.15 bits per heavy atom. The summed E-state index contributed by atoms with van der Waals surface area (Å²) in [6.45, 7) is 0. The molecule has 0 aliphatic heterocycles. The Balaban J connectivity index is 2.73. The standard InChI is InChI=1S/C11H5ClF4N2O2/c12-8-4-9(19)18(10(20)17-8)5-1-2-7(13)6(3-5)11(14,15)16/h1-4H,(H,17,20). The third-order valence-electron chi connectivity index (χ3n) is 2.41. The lowest BCUT2D eigenvalue weighted by atomic mass is 10.2. The number of benzene rings is 1. The fourth-order valence-corrected chi connectivity index (χ4v) is 1.76. The highest BCUT2D eigenvalue weighted by Crippen LogP contribution is 2.32. The second kappa shape index (κ2) is 4.78. The zero-order valence-corrected chi connectivity index (χ0v) is 10.2. The Morgan fingerprint density at radius 2 is 1.80 bits per heavy atom. The van der Waals surface area contributed by atoms with Crippen LogP contribution in [0.15, 0.2) is 33.9 Å². The topological polar surface area (TPSA) is 54.9 Å². The van der Waals surface area contributed by atoms with E-state index < -0.39 is 34.5 Å². The van der Waals surface area contributed by atoms with Crippen molar-refractivity contribution in [2.75, 3.05) is 0 Å². The highest BCUT2D eigenvalue weighted by molar-refractivity contribution is 6.29. The van der Waals surface area contributed by atoms with E-state index in [2.05, 4.69) is 0 Å². The Bertz CT molecular complexity index is 748. The molecule has 106 valence electrons. The zero-order valence-electron chi connectivity index (χ0n) is 9.46. The van der Waals surface area contributed by atoms with Gasteiger partial charge >= 0.3 is 11.9 Å². The molecule has 0 spiro atoms. The van der Waals surface area contributed by atoms with Crippen molar-refractivity contribution in [2.45, 2.75) is 6.18 Å². The zero-order chi connectivity index (χ0) is 15.1. The van der Waals surface area contributed by atoms with Crippen LogP contribution in [0.1, 0.15) is 5.56 Å². The summed E-state index contributed by atoms with van der Waals surface area (Å²) in [5.41, 5.74) is -3.95. The predicted octanol–water partition coefficient (Wildman–Crippen LogP) is 2.34. The SMILES string of the molecule is O=c1cc(Cl)[nH]c(=O)n1-c1ccc(F)c(C(F)(F)F)c1. The van der Waals surface area contributed by atoms with Crippen molar-refractivity contribution in [1.82, 2.24) is 9.55 Å². The number of aromatic nitrogens is 2. The Hall–Kier alpha value is -2.09. The monoisotopic (exact) mass is 308 g/mol. The summed E-state index contributed by atoms with van der Waals surface area (Å²) in [5.74, 6) is -1.50. The molecule has 0 fully saturated rings. The van der Waals surface area contributed by atoms with Gasteiger partial charge in [0.15, 0.2) is 0 Å². The van der Waals surface area contributed by atoms with Crippen molar-refractivity contribution in [3.05, 3.63) is 61.6 Å². The van der Waals surface area contributed by atoms with Gasteiger partial charge in [-0.05, 0) is 18.2 Å². The maximum Gasteiger partial charge on any atom is 0.419 e. The summed E-state index contributed by atoms with van der Waals surface area (Å²) < 4.78 is 51.3. The molecule has 0 atom stereocenters. The molecule has 4 nitrogen and oxygen atoms in total. The van der Waals surface area contributed by atoms with Crippen LogP contribution in [0.2, 0.25) is 5.15 Å². The van der Waals surface area contributed by atoms with E-state index >= 15 is 0 Å². The van der Waals surface area contributed by atoms with Crippen molar-refractivity contribution in [3.63, 3.8) is 0 Å². The summed E-state index contributed by atoms with van der Waals surface area (Å²) in [7, 11) is 0. The van der Waals surface area contributed by atoms with Gasteiger partial charge in [-0.3, -0.25) is 9.78 Å². The lowest BCUT2D eigenvalue weighted by Crippen LogP contribution is -2.33. The maximum absolute atomic E-state index is 13.1. The van der Waals surface area contributed by atoms with E-state index in [1.165, 1.54) is 0 Å². The highest BCUT2D eigenvalue weighted by Gasteiger charge is 2.34. The summed E-state index contributed by atoms with van der Waals surface area (Å²) >= 11 is 5.43. The van der Waals surface area contributed by atoms with Crippen molar-refractivity contribution in [2.24, 2.45) is 0 Å². The minimum Gasteiger partial charge on any atom is -0.297 e. The van der Waals surface area contributed by atoms with Crippen LogP contribution in [-0.4, -0.2) is 9.55 Å². The maximum atomic E-state index is 13.1. The van der Waals surface area contributed by atoms with E-state index in [4.69, 9.17) is 11.6 Å². The van der Waals surface area contributed by atoms with Gasteiger partial charge in [0.25, 0.3) is 5.56 Å².